The summed E-state index contributed by atoms with van der Waals surface area (Å²) in [6, 6.07) is 13.4. The fourth-order valence-corrected chi connectivity index (χ4v) is 3.95. The van der Waals surface area contributed by atoms with Crippen LogP contribution in [-0.4, -0.2) is 59.3 Å². The Morgan fingerprint density at radius 2 is 1.69 bits per heavy atom. The molecular weight excluding hydrogens is 462 g/mol. The van der Waals surface area contributed by atoms with E-state index in [9.17, 15) is 19.5 Å². The maximum absolute atomic E-state index is 13.8. The summed E-state index contributed by atoms with van der Waals surface area (Å²) >= 11 is 0. The molecule has 36 heavy (non-hydrogen) atoms. The summed E-state index contributed by atoms with van der Waals surface area (Å²) in [5.74, 6) is -0.158. The van der Waals surface area contributed by atoms with Crippen LogP contribution in [0.4, 0.5) is 10.5 Å². The van der Waals surface area contributed by atoms with Gasteiger partial charge in [-0.3, -0.25) is 9.59 Å². The molecule has 4 unspecified atom stereocenters. The SMILES string of the molecule is COc1ccc(NC(=O)C(c2ccccc2)N(C(=O)C(CO)NC(=O)OC(C)(C)C)C2CC2C)cc1. The number of nitrogens with one attached hydrogen (secondary N) is 2. The lowest BCUT2D eigenvalue weighted by Crippen LogP contribution is -2.54. The van der Waals surface area contributed by atoms with Crippen molar-refractivity contribution in [2.45, 2.75) is 57.8 Å². The molecule has 0 saturated heterocycles. The van der Waals surface area contributed by atoms with Crippen LogP contribution in [0.5, 0.6) is 5.75 Å². The molecule has 0 bridgehead atoms. The minimum absolute atomic E-state index is 0.162. The molecule has 0 radical (unpaired) electrons. The van der Waals surface area contributed by atoms with Crippen LogP contribution in [0.15, 0.2) is 54.6 Å². The Hall–Kier alpha value is -3.59. The molecule has 3 amide bonds. The van der Waals surface area contributed by atoms with Gasteiger partial charge in [0.25, 0.3) is 5.91 Å². The first kappa shape index (κ1) is 27.0. The number of nitrogens with zero attached hydrogens (tertiary/aromatic N) is 1. The van der Waals surface area contributed by atoms with Gasteiger partial charge in [0.15, 0.2) is 0 Å². The number of amides is 3. The molecule has 0 spiro atoms. The van der Waals surface area contributed by atoms with Crippen LogP contribution >= 0.6 is 0 Å². The predicted molar refractivity (Wildman–Crippen MR) is 135 cm³/mol. The van der Waals surface area contributed by atoms with E-state index in [1.54, 1.807) is 76.4 Å². The van der Waals surface area contributed by atoms with Crippen molar-refractivity contribution in [1.82, 2.24) is 10.2 Å². The van der Waals surface area contributed by atoms with Gasteiger partial charge in [-0.05, 0) is 62.9 Å². The molecule has 0 aromatic heterocycles. The molecule has 9 nitrogen and oxygen atoms in total. The highest BCUT2D eigenvalue weighted by atomic mass is 16.6. The minimum Gasteiger partial charge on any atom is -0.497 e. The highest BCUT2D eigenvalue weighted by Gasteiger charge is 2.48. The monoisotopic (exact) mass is 497 g/mol. The first-order valence-corrected chi connectivity index (χ1v) is 12.0. The summed E-state index contributed by atoms with van der Waals surface area (Å²) in [6.07, 6.45) is -0.118. The maximum atomic E-state index is 13.8. The second kappa shape index (κ2) is 11.4. The average molecular weight is 498 g/mol. The van der Waals surface area contributed by atoms with Gasteiger partial charge in [0, 0.05) is 11.7 Å². The van der Waals surface area contributed by atoms with E-state index in [2.05, 4.69) is 10.6 Å². The number of aliphatic hydroxyl groups excluding tert-OH is 1. The largest absolute Gasteiger partial charge is 0.497 e. The number of ether oxygens (including phenoxy) is 2. The van der Waals surface area contributed by atoms with Crippen molar-refractivity contribution in [1.29, 1.82) is 0 Å². The van der Waals surface area contributed by atoms with Crippen LogP contribution in [0.25, 0.3) is 0 Å². The zero-order valence-electron chi connectivity index (χ0n) is 21.4. The lowest BCUT2D eigenvalue weighted by Gasteiger charge is -2.34. The van der Waals surface area contributed by atoms with E-state index in [-0.39, 0.29) is 12.0 Å². The third kappa shape index (κ3) is 6.97. The Morgan fingerprint density at radius 3 is 2.19 bits per heavy atom. The molecule has 1 fully saturated rings. The molecule has 194 valence electrons. The van der Waals surface area contributed by atoms with Crippen molar-refractivity contribution in [3.8, 4) is 5.75 Å². The number of rotatable bonds is 9. The van der Waals surface area contributed by atoms with Crippen LogP contribution in [0.1, 0.15) is 45.7 Å². The number of alkyl carbamates (subject to hydrolysis) is 1. The predicted octanol–water partition coefficient (Wildman–Crippen LogP) is 3.50. The lowest BCUT2D eigenvalue weighted by atomic mass is 10.0. The molecule has 1 saturated carbocycles. The third-order valence-electron chi connectivity index (χ3n) is 5.85. The first-order chi connectivity index (χ1) is 17.0. The summed E-state index contributed by atoms with van der Waals surface area (Å²) < 4.78 is 10.4. The normalized spacial score (nSPS) is 18.4. The fraction of sp³-hybridized carbons (Fsp3) is 0.444. The highest BCUT2D eigenvalue weighted by molar-refractivity contribution is 5.99. The highest BCUT2D eigenvalue weighted by Crippen LogP contribution is 2.41. The van der Waals surface area contributed by atoms with E-state index in [0.29, 0.717) is 23.4 Å². The number of methoxy groups -OCH3 is 1. The number of carbonyl (C=O) groups is 3. The van der Waals surface area contributed by atoms with E-state index in [0.717, 1.165) is 0 Å². The van der Waals surface area contributed by atoms with Gasteiger partial charge in [-0.25, -0.2) is 4.79 Å². The quantitative estimate of drug-likeness (QED) is 0.488. The minimum atomic E-state index is -1.27. The average Bonchev–Trinajstić information content (AvgIpc) is 3.55. The number of benzene rings is 2. The van der Waals surface area contributed by atoms with Gasteiger partial charge < -0.3 is 30.1 Å². The van der Waals surface area contributed by atoms with Crippen molar-refractivity contribution in [3.05, 3.63) is 60.2 Å². The van der Waals surface area contributed by atoms with E-state index >= 15 is 0 Å². The molecule has 9 heteroatoms. The Labute approximate surface area is 211 Å². The standard InChI is InChI=1S/C27H35N3O6/c1-17-15-22(17)30(25(33)21(16-31)29-26(34)36-27(2,3)4)23(18-9-7-6-8-10-18)24(32)28-19-11-13-20(35-5)14-12-19/h6-14,17,21-23,31H,15-16H2,1-5H3,(H,28,32)(H,29,34). The topological polar surface area (TPSA) is 117 Å². The van der Waals surface area contributed by atoms with Crippen molar-refractivity contribution in [2.24, 2.45) is 5.92 Å². The molecule has 2 aromatic rings. The number of carbonyl (C=O) groups excluding carboxylic acids is 3. The van der Waals surface area contributed by atoms with Crippen LogP contribution in [0, 0.1) is 5.92 Å². The Bertz CT molecular complexity index is 1050. The smallest absolute Gasteiger partial charge is 0.408 e. The van der Waals surface area contributed by atoms with Crippen LogP contribution in [0.2, 0.25) is 0 Å². The van der Waals surface area contributed by atoms with Crippen molar-refractivity contribution in [3.63, 3.8) is 0 Å². The number of anilines is 1. The summed E-state index contributed by atoms with van der Waals surface area (Å²) in [7, 11) is 1.56. The molecule has 4 atom stereocenters. The fourth-order valence-electron chi connectivity index (χ4n) is 3.95. The summed E-state index contributed by atoms with van der Waals surface area (Å²) in [5.41, 5.74) is 0.385. The molecular formula is C27H35N3O6. The van der Waals surface area contributed by atoms with E-state index < -0.39 is 42.2 Å². The molecule has 0 aliphatic heterocycles. The Balaban J connectivity index is 1.92. The van der Waals surface area contributed by atoms with Gasteiger partial charge in [-0.1, -0.05) is 37.3 Å². The van der Waals surface area contributed by atoms with Gasteiger partial charge in [-0.15, -0.1) is 0 Å². The van der Waals surface area contributed by atoms with Crippen molar-refractivity contribution >= 4 is 23.6 Å². The summed E-state index contributed by atoms with van der Waals surface area (Å²) in [4.78, 5) is 41.3. The zero-order valence-corrected chi connectivity index (χ0v) is 21.4. The lowest BCUT2D eigenvalue weighted by molar-refractivity contribution is -0.142. The van der Waals surface area contributed by atoms with E-state index in [1.165, 1.54) is 4.90 Å². The maximum Gasteiger partial charge on any atom is 0.408 e. The van der Waals surface area contributed by atoms with E-state index in [4.69, 9.17) is 9.47 Å². The van der Waals surface area contributed by atoms with Gasteiger partial charge in [0.2, 0.25) is 5.91 Å². The molecule has 3 N–H and O–H groups in total. The molecule has 1 aliphatic rings. The second-order valence-corrected chi connectivity index (χ2v) is 9.94. The van der Waals surface area contributed by atoms with Crippen LogP contribution in [0.3, 0.4) is 0 Å². The number of hydrogen-bond acceptors (Lipinski definition) is 6. The van der Waals surface area contributed by atoms with Gasteiger partial charge in [0.05, 0.1) is 13.7 Å². The Kier molecular flexibility index (Phi) is 8.57. The zero-order chi connectivity index (χ0) is 26.5. The van der Waals surface area contributed by atoms with Crippen molar-refractivity contribution < 1.29 is 29.0 Å². The molecule has 2 aromatic carbocycles. The molecule has 3 rings (SSSR count). The van der Waals surface area contributed by atoms with Crippen LogP contribution < -0.4 is 15.4 Å². The van der Waals surface area contributed by atoms with Crippen LogP contribution in [-0.2, 0) is 14.3 Å². The van der Waals surface area contributed by atoms with Crippen molar-refractivity contribution in [2.75, 3.05) is 19.0 Å². The molecule has 1 aliphatic carbocycles. The summed E-state index contributed by atoms with van der Waals surface area (Å²) in [5, 5.41) is 15.4. The van der Waals surface area contributed by atoms with Gasteiger partial charge in [0.1, 0.15) is 23.4 Å². The Morgan fingerprint density at radius 1 is 1.08 bits per heavy atom. The number of hydrogen-bond donors (Lipinski definition) is 3. The first-order valence-electron chi connectivity index (χ1n) is 12.0. The second-order valence-electron chi connectivity index (χ2n) is 9.94. The molecule has 0 heterocycles. The number of aliphatic hydroxyl groups is 1. The summed E-state index contributed by atoms with van der Waals surface area (Å²) in [6.45, 7) is 6.46. The third-order valence-corrected chi connectivity index (χ3v) is 5.85. The van der Waals surface area contributed by atoms with Gasteiger partial charge in [-0.2, -0.15) is 0 Å². The van der Waals surface area contributed by atoms with Gasteiger partial charge >= 0.3 is 6.09 Å². The van der Waals surface area contributed by atoms with E-state index in [1.807, 2.05) is 13.0 Å².